The number of nitrogens with one attached hydrogen (secondary N) is 2. The lowest BCUT2D eigenvalue weighted by molar-refractivity contribution is -0.131. The Labute approximate surface area is 161 Å². The maximum Gasteiger partial charge on any atom is 0.237 e. The van der Waals surface area contributed by atoms with Crippen molar-refractivity contribution >= 4 is 15.9 Å². The Kier molecular flexibility index (Phi) is 4.76. The van der Waals surface area contributed by atoms with Crippen molar-refractivity contribution in [1.29, 1.82) is 5.26 Å². The molecule has 1 aliphatic heterocycles. The molecule has 27 heavy (non-hydrogen) atoms. The Morgan fingerprint density at radius 2 is 1.89 bits per heavy atom. The van der Waals surface area contributed by atoms with Crippen molar-refractivity contribution in [3.63, 3.8) is 0 Å². The van der Waals surface area contributed by atoms with Gasteiger partial charge in [0.05, 0.1) is 18.4 Å². The second kappa shape index (κ2) is 6.71. The first kappa shape index (κ1) is 19.2. The van der Waals surface area contributed by atoms with Crippen LogP contribution in [0.5, 0.6) is 0 Å². The summed E-state index contributed by atoms with van der Waals surface area (Å²) in [4.78, 5) is 14.4. The molecule has 1 amide bonds. The summed E-state index contributed by atoms with van der Waals surface area (Å²) in [6, 6.07) is 1.93. The summed E-state index contributed by atoms with van der Waals surface area (Å²) in [7, 11) is -3.25. The van der Waals surface area contributed by atoms with Crippen molar-refractivity contribution in [2.24, 2.45) is 11.8 Å². The lowest BCUT2D eigenvalue weighted by Gasteiger charge is -2.62. The molecule has 2 unspecified atom stereocenters. The number of rotatable bonds is 6. The minimum Gasteiger partial charge on any atom is -0.326 e. The minimum atomic E-state index is -3.25. The fourth-order valence-corrected chi connectivity index (χ4v) is 7.60. The zero-order valence-corrected chi connectivity index (χ0v) is 16.9. The predicted octanol–water partition coefficient (Wildman–Crippen LogP) is 1.12. The van der Waals surface area contributed by atoms with E-state index in [9.17, 15) is 18.5 Å². The zero-order valence-electron chi connectivity index (χ0n) is 16.0. The zero-order chi connectivity index (χ0) is 19.3. The summed E-state index contributed by atoms with van der Waals surface area (Å²) in [6.45, 7) is 2.59. The molecule has 150 valence electrons. The molecule has 4 bridgehead atoms. The van der Waals surface area contributed by atoms with Gasteiger partial charge in [0.15, 0.2) is 0 Å². The van der Waals surface area contributed by atoms with Gasteiger partial charge < -0.3 is 10.2 Å². The summed E-state index contributed by atoms with van der Waals surface area (Å²) in [6.07, 6.45) is 7.48. The molecule has 8 heteroatoms. The van der Waals surface area contributed by atoms with Crippen LogP contribution in [0.25, 0.3) is 0 Å². The topological polar surface area (TPSA) is 102 Å². The van der Waals surface area contributed by atoms with Crippen molar-refractivity contribution in [2.75, 3.05) is 18.8 Å². The van der Waals surface area contributed by atoms with Crippen LogP contribution in [0, 0.1) is 23.2 Å². The number of carbonyl (C=O) groups is 1. The molecule has 5 rings (SSSR count). The second-order valence-corrected chi connectivity index (χ2v) is 11.3. The monoisotopic (exact) mass is 394 g/mol. The van der Waals surface area contributed by atoms with Gasteiger partial charge in [-0.25, -0.2) is 13.1 Å². The van der Waals surface area contributed by atoms with Gasteiger partial charge in [0.1, 0.15) is 6.04 Å². The van der Waals surface area contributed by atoms with Crippen LogP contribution in [0.3, 0.4) is 0 Å². The van der Waals surface area contributed by atoms with E-state index in [1.165, 1.54) is 6.42 Å². The molecule has 7 nitrogen and oxygen atoms in total. The van der Waals surface area contributed by atoms with Gasteiger partial charge in [-0.3, -0.25) is 4.79 Å². The van der Waals surface area contributed by atoms with Gasteiger partial charge in [0, 0.05) is 17.6 Å². The normalized spacial score (nSPS) is 40.3. The van der Waals surface area contributed by atoms with E-state index in [1.807, 2.05) is 0 Å². The number of hydrogen-bond acceptors (Lipinski definition) is 5. The molecule has 5 aliphatic rings. The first-order chi connectivity index (χ1) is 12.8. The number of likely N-dealkylation sites (tertiary alicyclic amines) is 1. The van der Waals surface area contributed by atoms with Crippen LogP contribution in [0.1, 0.15) is 58.3 Å². The number of hydrogen-bond donors (Lipinski definition) is 2. The average Bonchev–Trinajstić information content (AvgIpc) is 3.06. The van der Waals surface area contributed by atoms with Crippen LogP contribution in [-0.2, 0) is 14.8 Å². The number of carbonyl (C=O) groups excluding carboxylic acids is 1. The maximum atomic E-state index is 12.7. The molecule has 0 spiro atoms. The summed E-state index contributed by atoms with van der Waals surface area (Å²) in [5, 5.41) is 12.8. The molecule has 0 radical (unpaired) electrons. The van der Waals surface area contributed by atoms with Crippen molar-refractivity contribution in [3.05, 3.63) is 0 Å². The van der Waals surface area contributed by atoms with Crippen molar-refractivity contribution in [3.8, 4) is 6.07 Å². The molecule has 1 saturated heterocycles. The number of sulfonamides is 1. The lowest BCUT2D eigenvalue weighted by atomic mass is 9.50. The van der Waals surface area contributed by atoms with Gasteiger partial charge in [-0.05, 0) is 70.1 Å². The molecule has 0 aromatic rings. The Morgan fingerprint density at radius 3 is 2.52 bits per heavy atom. The SMILES string of the molecule is CCS(=O)(=O)NC12CC3CC(CC(NCC(=O)N4CCC[C@H]4C#N)(C3)C1)C2. The number of nitriles is 1. The third kappa shape index (κ3) is 3.62. The second-order valence-electron chi connectivity index (χ2n) is 9.25. The van der Waals surface area contributed by atoms with E-state index in [0.29, 0.717) is 18.4 Å². The van der Waals surface area contributed by atoms with Gasteiger partial charge in [0.25, 0.3) is 0 Å². The van der Waals surface area contributed by atoms with Gasteiger partial charge in [-0.15, -0.1) is 0 Å². The maximum absolute atomic E-state index is 12.7. The van der Waals surface area contributed by atoms with Crippen molar-refractivity contribution < 1.29 is 13.2 Å². The quantitative estimate of drug-likeness (QED) is 0.703. The Hall–Kier alpha value is -1.17. The molecule has 4 saturated carbocycles. The fourth-order valence-electron chi connectivity index (χ4n) is 6.55. The first-order valence-electron chi connectivity index (χ1n) is 10.2. The third-order valence-electron chi connectivity index (χ3n) is 7.15. The van der Waals surface area contributed by atoms with Crippen LogP contribution in [0.2, 0.25) is 0 Å². The van der Waals surface area contributed by atoms with Crippen LogP contribution < -0.4 is 10.0 Å². The summed E-state index contributed by atoms with van der Waals surface area (Å²) >= 11 is 0. The highest BCUT2D eigenvalue weighted by molar-refractivity contribution is 7.89. The largest absolute Gasteiger partial charge is 0.326 e. The standard InChI is InChI=1S/C19H30N4O3S/c1-2-27(25,26)22-19-9-14-6-15(10-19)8-18(7-14,13-19)21-12-17(24)23-5-3-4-16(23)11-20/h14-16,21-22H,2-10,12-13H2,1H3/t14?,15?,16-,18?,19?/m0/s1. The molecule has 0 aromatic carbocycles. The van der Waals surface area contributed by atoms with E-state index in [4.69, 9.17) is 0 Å². The highest BCUT2D eigenvalue weighted by Gasteiger charge is 2.58. The third-order valence-corrected chi connectivity index (χ3v) is 8.65. The highest BCUT2D eigenvalue weighted by Crippen LogP contribution is 2.57. The Morgan fingerprint density at radius 1 is 1.22 bits per heavy atom. The molecular formula is C19H30N4O3S. The molecular weight excluding hydrogens is 364 g/mol. The molecule has 4 aliphatic carbocycles. The van der Waals surface area contributed by atoms with Gasteiger partial charge in [0.2, 0.25) is 15.9 Å². The molecule has 2 N–H and O–H groups in total. The molecule has 0 aromatic heterocycles. The summed E-state index contributed by atoms with van der Waals surface area (Å²) in [5.41, 5.74) is -0.504. The van der Waals surface area contributed by atoms with Gasteiger partial charge >= 0.3 is 0 Å². The molecule has 3 atom stereocenters. The van der Waals surface area contributed by atoms with Crippen molar-refractivity contribution in [2.45, 2.75) is 75.4 Å². The minimum absolute atomic E-state index is 0.00187. The van der Waals surface area contributed by atoms with Crippen LogP contribution in [0.15, 0.2) is 0 Å². The number of nitrogens with zero attached hydrogens (tertiary/aromatic N) is 2. The Bertz CT molecular complexity index is 745. The summed E-state index contributed by atoms with van der Waals surface area (Å²) in [5.74, 6) is 1.14. The van der Waals surface area contributed by atoms with E-state index < -0.39 is 10.0 Å². The van der Waals surface area contributed by atoms with Gasteiger partial charge in [-0.2, -0.15) is 5.26 Å². The van der Waals surface area contributed by atoms with Gasteiger partial charge in [-0.1, -0.05) is 0 Å². The van der Waals surface area contributed by atoms with E-state index in [-0.39, 0.29) is 35.3 Å². The smallest absolute Gasteiger partial charge is 0.237 e. The highest BCUT2D eigenvalue weighted by atomic mass is 32.2. The first-order valence-corrected chi connectivity index (χ1v) is 11.9. The number of amides is 1. The summed E-state index contributed by atoms with van der Waals surface area (Å²) < 4.78 is 27.6. The average molecular weight is 395 g/mol. The fraction of sp³-hybridized carbons (Fsp3) is 0.895. The van der Waals surface area contributed by atoms with Crippen LogP contribution >= 0.6 is 0 Å². The predicted molar refractivity (Wildman–Crippen MR) is 101 cm³/mol. The molecule has 5 fully saturated rings. The van der Waals surface area contributed by atoms with Crippen LogP contribution in [-0.4, -0.2) is 55.2 Å². The van der Waals surface area contributed by atoms with E-state index in [1.54, 1.807) is 11.8 Å². The lowest BCUT2D eigenvalue weighted by Crippen LogP contribution is -2.69. The molecule has 1 heterocycles. The van der Waals surface area contributed by atoms with E-state index >= 15 is 0 Å². The van der Waals surface area contributed by atoms with Crippen molar-refractivity contribution in [1.82, 2.24) is 14.9 Å². The Balaban J connectivity index is 1.46. The van der Waals surface area contributed by atoms with Crippen LogP contribution in [0.4, 0.5) is 0 Å². The van der Waals surface area contributed by atoms with E-state index in [0.717, 1.165) is 44.9 Å². The van der Waals surface area contributed by atoms with E-state index in [2.05, 4.69) is 16.1 Å².